The van der Waals surface area contributed by atoms with Crippen LogP contribution in [0.25, 0.3) is 0 Å². The maximum atomic E-state index is 14.1. The molecule has 30 heavy (non-hydrogen) atoms. The molecular formula is C22H36F2N6. The molecule has 1 aromatic rings. The lowest BCUT2D eigenvalue weighted by atomic mass is 10.2. The van der Waals surface area contributed by atoms with Crippen molar-refractivity contribution in [3.05, 3.63) is 29.8 Å². The topological polar surface area (TPSA) is 46.1 Å². The summed E-state index contributed by atoms with van der Waals surface area (Å²) in [7, 11) is 2.19. The fourth-order valence-corrected chi connectivity index (χ4v) is 4.19. The van der Waals surface area contributed by atoms with Crippen molar-refractivity contribution in [1.82, 2.24) is 20.4 Å². The van der Waals surface area contributed by atoms with Gasteiger partial charge in [-0.15, -0.1) is 0 Å². The van der Waals surface area contributed by atoms with Crippen molar-refractivity contribution in [3.8, 4) is 0 Å². The van der Waals surface area contributed by atoms with Crippen molar-refractivity contribution >= 4 is 11.6 Å². The Morgan fingerprint density at radius 1 is 1.13 bits per heavy atom. The average Bonchev–Trinajstić information content (AvgIpc) is 3.06. The van der Waals surface area contributed by atoms with Crippen molar-refractivity contribution in [3.63, 3.8) is 0 Å². The molecule has 8 heteroatoms. The minimum atomic E-state index is -0.504. The molecule has 1 aromatic carbocycles. The Morgan fingerprint density at radius 2 is 1.93 bits per heavy atom. The van der Waals surface area contributed by atoms with E-state index >= 15 is 0 Å². The summed E-state index contributed by atoms with van der Waals surface area (Å²) in [5, 5.41) is 6.73. The maximum Gasteiger partial charge on any atom is 0.191 e. The van der Waals surface area contributed by atoms with Gasteiger partial charge >= 0.3 is 0 Å². The van der Waals surface area contributed by atoms with Gasteiger partial charge in [0, 0.05) is 45.3 Å². The standard InChI is InChI=1S/C22H36F2N6/c1-3-25-22(26-10-5-12-29-13-6-11-28(2)15-16-29)27-18-9-14-30(17-18)21-19(23)7-4-8-20(21)24/h4,7-8,18H,3,5-6,9-17H2,1-2H3,(H2,25,26,27). The number of nitrogens with one attached hydrogen (secondary N) is 2. The van der Waals surface area contributed by atoms with E-state index in [1.165, 1.54) is 31.2 Å². The van der Waals surface area contributed by atoms with Crippen LogP contribution in [0.4, 0.5) is 14.5 Å². The lowest BCUT2D eigenvalue weighted by Crippen LogP contribution is -2.44. The first kappa shape index (κ1) is 22.7. The first-order valence-electron chi connectivity index (χ1n) is 11.2. The van der Waals surface area contributed by atoms with Crippen molar-refractivity contribution in [1.29, 1.82) is 0 Å². The van der Waals surface area contributed by atoms with Crippen LogP contribution in [-0.2, 0) is 0 Å². The summed E-state index contributed by atoms with van der Waals surface area (Å²) in [6.45, 7) is 10.4. The Morgan fingerprint density at radius 3 is 2.70 bits per heavy atom. The van der Waals surface area contributed by atoms with Crippen LogP contribution in [-0.4, -0.2) is 87.8 Å². The molecule has 168 valence electrons. The zero-order valence-electron chi connectivity index (χ0n) is 18.3. The van der Waals surface area contributed by atoms with E-state index in [9.17, 15) is 8.78 Å². The van der Waals surface area contributed by atoms with Crippen molar-refractivity contribution in [2.24, 2.45) is 4.99 Å². The SMILES string of the molecule is CCNC(=NCCCN1CCCN(C)CC1)NC1CCN(c2c(F)cccc2F)C1. The summed E-state index contributed by atoms with van der Waals surface area (Å²) in [6, 6.07) is 4.14. The zero-order chi connectivity index (χ0) is 21.3. The number of aliphatic imine (C=N–C) groups is 1. The second-order valence-corrected chi connectivity index (χ2v) is 8.26. The monoisotopic (exact) mass is 422 g/mol. The van der Waals surface area contributed by atoms with Crippen molar-refractivity contribution in [2.75, 3.05) is 70.9 Å². The van der Waals surface area contributed by atoms with E-state index in [-0.39, 0.29) is 11.7 Å². The van der Waals surface area contributed by atoms with Gasteiger partial charge in [0.25, 0.3) is 0 Å². The molecule has 2 fully saturated rings. The van der Waals surface area contributed by atoms with Gasteiger partial charge in [0.15, 0.2) is 5.96 Å². The molecule has 2 aliphatic rings. The first-order valence-corrected chi connectivity index (χ1v) is 11.2. The molecule has 0 aliphatic carbocycles. The van der Waals surface area contributed by atoms with Crippen LogP contribution in [0, 0.1) is 11.6 Å². The van der Waals surface area contributed by atoms with E-state index in [0.717, 1.165) is 58.1 Å². The maximum absolute atomic E-state index is 14.1. The average molecular weight is 423 g/mol. The van der Waals surface area contributed by atoms with Crippen LogP contribution in [0.5, 0.6) is 0 Å². The smallest absolute Gasteiger partial charge is 0.191 e. The highest BCUT2D eigenvalue weighted by molar-refractivity contribution is 5.80. The number of likely N-dealkylation sites (N-methyl/N-ethyl adjacent to an activating group) is 1. The van der Waals surface area contributed by atoms with Crippen LogP contribution in [0.3, 0.4) is 0 Å². The van der Waals surface area contributed by atoms with E-state index in [4.69, 9.17) is 4.99 Å². The molecule has 2 N–H and O–H groups in total. The van der Waals surface area contributed by atoms with Gasteiger partial charge in [-0.25, -0.2) is 8.78 Å². The normalized spacial score (nSPS) is 21.7. The minimum absolute atomic E-state index is 0.0758. The van der Waals surface area contributed by atoms with E-state index in [2.05, 4.69) is 27.5 Å². The number of hydrogen-bond acceptors (Lipinski definition) is 4. The van der Waals surface area contributed by atoms with Crippen LogP contribution in [0.2, 0.25) is 0 Å². The third kappa shape index (κ3) is 6.54. The number of para-hydroxylation sites is 1. The van der Waals surface area contributed by atoms with Gasteiger partial charge in [0.1, 0.15) is 17.3 Å². The minimum Gasteiger partial charge on any atom is -0.365 e. The quantitative estimate of drug-likeness (QED) is 0.401. The van der Waals surface area contributed by atoms with E-state index in [1.54, 1.807) is 4.90 Å². The van der Waals surface area contributed by atoms with Gasteiger partial charge < -0.3 is 25.3 Å². The molecular weight excluding hydrogens is 386 g/mol. The van der Waals surface area contributed by atoms with Crippen LogP contribution < -0.4 is 15.5 Å². The third-order valence-corrected chi connectivity index (χ3v) is 5.84. The summed E-state index contributed by atoms with van der Waals surface area (Å²) in [4.78, 5) is 11.4. The molecule has 6 nitrogen and oxygen atoms in total. The summed E-state index contributed by atoms with van der Waals surface area (Å²) < 4.78 is 28.1. The largest absolute Gasteiger partial charge is 0.365 e. The molecule has 0 radical (unpaired) electrons. The number of rotatable bonds is 7. The Labute approximate surface area is 179 Å². The highest BCUT2D eigenvalue weighted by Gasteiger charge is 2.27. The van der Waals surface area contributed by atoms with Gasteiger partial charge in [-0.1, -0.05) is 6.07 Å². The van der Waals surface area contributed by atoms with Gasteiger partial charge in [-0.2, -0.15) is 0 Å². The highest BCUT2D eigenvalue weighted by Crippen LogP contribution is 2.26. The van der Waals surface area contributed by atoms with Gasteiger partial charge in [0.05, 0.1) is 0 Å². The summed E-state index contributed by atoms with van der Waals surface area (Å²) in [6.07, 6.45) is 3.07. The summed E-state index contributed by atoms with van der Waals surface area (Å²) in [5.74, 6) is -0.221. The second kappa shape index (κ2) is 11.5. The first-order chi connectivity index (χ1) is 14.6. The number of anilines is 1. The predicted molar refractivity (Wildman–Crippen MR) is 119 cm³/mol. The highest BCUT2D eigenvalue weighted by atomic mass is 19.1. The third-order valence-electron chi connectivity index (χ3n) is 5.84. The number of hydrogen-bond donors (Lipinski definition) is 2. The Kier molecular flexibility index (Phi) is 8.69. The fraction of sp³-hybridized carbons (Fsp3) is 0.682. The fourth-order valence-electron chi connectivity index (χ4n) is 4.19. The molecule has 2 saturated heterocycles. The molecule has 1 unspecified atom stereocenters. The van der Waals surface area contributed by atoms with Gasteiger partial charge in [-0.05, 0) is 65.0 Å². The van der Waals surface area contributed by atoms with Gasteiger partial charge in [0.2, 0.25) is 0 Å². The Hall–Kier alpha value is -1.93. The van der Waals surface area contributed by atoms with Crippen molar-refractivity contribution < 1.29 is 8.78 Å². The molecule has 0 saturated carbocycles. The van der Waals surface area contributed by atoms with E-state index in [1.807, 2.05) is 6.92 Å². The lowest BCUT2D eigenvalue weighted by Gasteiger charge is -2.21. The molecule has 0 amide bonds. The molecule has 2 heterocycles. The zero-order valence-corrected chi connectivity index (χ0v) is 18.3. The Bertz CT molecular complexity index is 678. The summed E-state index contributed by atoms with van der Waals surface area (Å²) in [5.41, 5.74) is 0.0758. The molecule has 0 aromatic heterocycles. The van der Waals surface area contributed by atoms with Crippen LogP contribution in [0.15, 0.2) is 23.2 Å². The molecule has 2 aliphatic heterocycles. The van der Waals surface area contributed by atoms with E-state index < -0.39 is 11.6 Å². The molecule has 3 rings (SSSR count). The predicted octanol–water partition coefficient (Wildman–Crippen LogP) is 2.13. The van der Waals surface area contributed by atoms with Gasteiger partial charge in [-0.3, -0.25) is 4.99 Å². The number of nitrogens with zero attached hydrogens (tertiary/aromatic N) is 4. The molecule has 0 spiro atoms. The number of guanidine groups is 1. The second-order valence-electron chi connectivity index (χ2n) is 8.26. The van der Waals surface area contributed by atoms with Crippen LogP contribution >= 0.6 is 0 Å². The number of benzene rings is 1. The molecule has 0 bridgehead atoms. The van der Waals surface area contributed by atoms with Crippen molar-refractivity contribution in [2.45, 2.75) is 32.2 Å². The van der Waals surface area contributed by atoms with Crippen LogP contribution in [0.1, 0.15) is 26.2 Å². The molecule has 1 atom stereocenters. The van der Waals surface area contributed by atoms with E-state index in [0.29, 0.717) is 13.1 Å². The lowest BCUT2D eigenvalue weighted by molar-refractivity contribution is 0.275. The summed E-state index contributed by atoms with van der Waals surface area (Å²) >= 11 is 0. The number of halogens is 2. The Balaban J connectivity index is 1.47.